The van der Waals surface area contributed by atoms with E-state index in [-0.39, 0.29) is 5.82 Å². The number of benzene rings is 2. The van der Waals surface area contributed by atoms with Gasteiger partial charge in [0.15, 0.2) is 5.16 Å². The summed E-state index contributed by atoms with van der Waals surface area (Å²) in [6, 6.07) is 17.6. The van der Waals surface area contributed by atoms with Gasteiger partial charge in [0.25, 0.3) is 0 Å². The molecule has 0 amide bonds. The molecule has 0 spiro atoms. The van der Waals surface area contributed by atoms with Gasteiger partial charge in [0.2, 0.25) is 0 Å². The summed E-state index contributed by atoms with van der Waals surface area (Å²) in [6.45, 7) is 1.16. The van der Waals surface area contributed by atoms with Crippen LogP contribution < -0.4 is 9.64 Å². The van der Waals surface area contributed by atoms with Crippen molar-refractivity contribution < 1.29 is 9.13 Å². The van der Waals surface area contributed by atoms with Crippen LogP contribution in [0.3, 0.4) is 0 Å². The molecule has 0 aliphatic heterocycles. The Morgan fingerprint density at radius 3 is 2.47 bits per heavy atom. The molecule has 0 aliphatic rings. The van der Waals surface area contributed by atoms with Crippen molar-refractivity contribution in [1.29, 1.82) is 0 Å². The summed E-state index contributed by atoms with van der Waals surface area (Å²) in [4.78, 5) is 10.9. The van der Waals surface area contributed by atoms with Crippen molar-refractivity contribution in [1.82, 2.24) is 14.5 Å². The van der Waals surface area contributed by atoms with E-state index in [2.05, 4.69) is 26.5 Å². The van der Waals surface area contributed by atoms with E-state index in [0.29, 0.717) is 17.4 Å². The van der Waals surface area contributed by atoms with Crippen LogP contribution in [0.2, 0.25) is 5.02 Å². The molecule has 0 saturated carbocycles. The Balaban J connectivity index is 1.49. The lowest BCUT2D eigenvalue weighted by atomic mass is 10.3. The van der Waals surface area contributed by atoms with E-state index in [1.165, 1.54) is 12.1 Å². The van der Waals surface area contributed by atoms with Gasteiger partial charge in [0.05, 0.1) is 11.9 Å². The second-order valence-electron chi connectivity index (χ2n) is 7.06. The number of hydrogen-bond acceptors (Lipinski definition) is 5. The second-order valence-corrected chi connectivity index (χ2v) is 8.56. The topological polar surface area (TPSA) is 43.2 Å². The van der Waals surface area contributed by atoms with Crippen molar-refractivity contribution in [3.8, 4) is 11.4 Å². The fraction of sp³-hybridized carbons (Fsp3) is 0.167. The molecule has 0 aliphatic carbocycles. The first-order valence-electron chi connectivity index (χ1n) is 10.0. The lowest BCUT2D eigenvalue weighted by molar-refractivity contribution is 0.298. The molecule has 0 N–H and O–H groups in total. The fourth-order valence-electron chi connectivity index (χ4n) is 3.13. The molecule has 0 fully saturated rings. The molecular formula is C24H22ClFN4OS. The quantitative estimate of drug-likeness (QED) is 0.287. The molecule has 8 heteroatoms. The highest BCUT2D eigenvalue weighted by Crippen LogP contribution is 2.26. The summed E-state index contributed by atoms with van der Waals surface area (Å²) >= 11 is 7.76. The summed E-state index contributed by atoms with van der Waals surface area (Å²) in [6.07, 6.45) is 5.40. The number of imidazole rings is 1. The Hall–Kier alpha value is -3.03. The van der Waals surface area contributed by atoms with Gasteiger partial charge in [0.1, 0.15) is 18.2 Å². The zero-order valence-electron chi connectivity index (χ0n) is 17.5. The van der Waals surface area contributed by atoms with E-state index >= 15 is 0 Å². The van der Waals surface area contributed by atoms with Gasteiger partial charge in [-0.2, -0.15) is 0 Å². The summed E-state index contributed by atoms with van der Waals surface area (Å²) < 4.78 is 21.1. The summed E-state index contributed by atoms with van der Waals surface area (Å²) in [5.74, 6) is 1.16. The van der Waals surface area contributed by atoms with Crippen LogP contribution >= 0.6 is 23.4 Å². The molecule has 2 aromatic carbocycles. The van der Waals surface area contributed by atoms with Crippen molar-refractivity contribution >= 4 is 29.1 Å². The smallest absolute Gasteiger partial charge is 0.173 e. The highest BCUT2D eigenvalue weighted by molar-refractivity contribution is 7.99. The van der Waals surface area contributed by atoms with Crippen LogP contribution in [0.5, 0.6) is 5.75 Å². The Morgan fingerprint density at radius 2 is 1.75 bits per heavy atom. The molecule has 0 saturated heterocycles. The standard InChI is InChI=1S/C24H22ClFN4OS/c1-29(20-10-12-27-13-11-20)14-15-32-24-28-16-22(17-31-23-8-4-19(26)5-9-23)30(24)21-6-2-18(25)3-7-21/h2-13,16H,14-15,17H2,1H3. The Labute approximate surface area is 195 Å². The van der Waals surface area contributed by atoms with Gasteiger partial charge in [-0.3, -0.25) is 9.55 Å². The van der Waals surface area contributed by atoms with Crippen molar-refractivity contribution in [2.24, 2.45) is 0 Å². The largest absolute Gasteiger partial charge is 0.487 e. The summed E-state index contributed by atoms with van der Waals surface area (Å²) in [7, 11) is 2.06. The van der Waals surface area contributed by atoms with Crippen molar-refractivity contribution in [2.45, 2.75) is 11.8 Å². The summed E-state index contributed by atoms with van der Waals surface area (Å²) in [5.41, 5.74) is 2.96. The third-order valence-corrected chi connectivity index (χ3v) is 6.03. The third kappa shape index (κ3) is 5.60. The van der Waals surface area contributed by atoms with E-state index < -0.39 is 0 Å². The lowest BCUT2D eigenvalue weighted by Crippen LogP contribution is -2.20. The van der Waals surface area contributed by atoms with Gasteiger partial charge in [-0.05, 0) is 60.7 Å². The van der Waals surface area contributed by atoms with E-state index in [1.54, 1.807) is 36.3 Å². The second kappa shape index (κ2) is 10.5. The number of thioether (sulfide) groups is 1. The monoisotopic (exact) mass is 468 g/mol. The Morgan fingerprint density at radius 1 is 1.03 bits per heavy atom. The molecule has 2 heterocycles. The molecule has 4 aromatic rings. The number of rotatable bonds is 9. The van der Waals surface area contributed by atoms with Crippen molar-refractivity contribution in [2.75, 3.05) is 24.2 Å². The number of hydrogen-bond donors (Lipinski definition) is 0. The first-order valence-corrected chi connectivity index (χ1v) is 11.4. The minimum absolute atomic E-state index is 0.293. The van der Waals surface area contributed by atoms with Crippen molar-refractivity contribution in [3.05, 3.63) is 95.8 Å². The van der Waals surface area contributed by atoms with Crippen molar-refractivity contribution in [3.63, 3.8) is 0 Å². The lowest BCUT2D eigenvalue weighted by Gasteiger charge is -2.19. The van der Waals surface area contributed by atoms with Crippen LogP contribution in [0.1, 0.15) is 5.69 Å². The number of pyridine rings is 1. The van der Waals surface area contributed by atoms with Crippen LogP contribution in [0.25, 0.3) is 5.69 Å². The molecule has 0 radical (unpaired) electrons. The van der Waals surface area contributed by atoms with E-state index in [9.17, 15) is 4.39 Å². The third-order valence-electron chi connectivity index (χ3n) is 4.85. The van der Waals surface area contributed by atoms with Gasteiger partial charge in [0, 0.05) is 48.1 Å². The van der Waals surface area contributed by atoms with E-state index in [4.69, 9.17) is 16.3 Å². The molecule has 2 aromatic heterocycles. The Kier molecular flexibility index (Phi) is 7.29. The Bertz CT molecular complexity index is 1140. The van der Waals surface area contributed by atoms with E-state index in [0.717, 1.165) is 34.5 Å². The normalized spacial score (nSPS) is 10.8. The van der Waals surface area contributed by atoms with E-state index in [1.807, 2.05) is 42.6 Å². The molecule has 0 unspecified atom stereocenters. The van der Waals surface area contributed by atoms with Crippen LogP contribution in [-0.4, -0.2) is 33.9 Å². The number of halogens is 2. The first kappa shape index (κ1) is 22.2. The van der Waals surface area contributed by atoms with Crippen LogP contribution in [0.4, 0.5) is 10.1 Å². The number of ether oxygens (including phenoxy) is 1. The van der Waals surface area contributed by atoms with Crippen LogP contribution in [0, 0.1) is 5.82 Å². The molecular weight excluding hydrogens is 447 g/mol. The minimum Gasteiger partial charge on any atom is -0.487 e. The minimum atomic E-state index is -0.293. The van der Waals surface area contributed by atoms with Gasteiger partial charge < -0.3 is 9.64 Å². The molecule has 164 valence electrons. The zero-order chi connectivity index (χ0) is 22.3. The molecule has 4 rings (SSSR count). The maximum atomic E-state index is 13.2. The van der Waals surface area contributed by atoms with Crippen LogP contribution in [-0.2, 0) is 6.61 Å². The van der Waals surface area contributed by atoms with Gasteiger partial charge in [-0.25, -0.2) is 9.37 Å². The molecule has 0 atom stereocenters. The predicted octanol–water partition coefficient (Wildman–Crippen LogP) is 5.87. The predicted molar refractivity (Wildman–Crippen MR) is 128 cm³/mol. The van der Waals surface area contributed by atoms with Gasteiger partial charge >= 0.3 is 0 Å². The number of aromatic nitrogens is 3. The number of anilines is 1. The average Bonchev–Trinajstić information content (AvgIpc) is 3.22. The van der Waals surface area contributed by atoms with Crippen LogP contribution in [0.15, 0.2) is 84.4 Å². The molecule has 0 bridgehead atoms. The summed E-state index contributed by atoms with van der Waals surface area (Å²) in [5, 5.41) is 1.54. The molecule has 32 heavy (non-hydrogen) atoms. The zero-order valence-corrected chi connectivity index (χ0v) is 19.1. The van der Waals surface area contributed by atoms with Gasteiger partial charge in [-0.1, -0.05) is 23.4 Å². The average molecular weight is 469 g/mol. The van der Waals surface area contributed by atoms with Gasteiger partial charge in [-0.15, -0.1) is 0 Å². The maximum absolute atomic E-state index is 13.2. The maximum Gasteiger partial charge on any atom is 0.173 e. The number of nitrogens with zero attached hydrogens (tertiary/aromatic N) is 4. The SMILES string of the molecule is CN(CCSc1ncc(COc2ccc(F)cc2)n1-c1ccc(Cl)cc1)c1ccncc1. The molecule has 5 nitrogen and oxygen atoms in total. The fourth-order valence-corrected chi connectivity index (χ4v) is 4.28. The first-order chi connectivity index (χ1) is 15.6. The highest BCUT2D eigenvalue weighted by atomic mass is 35.5. The highest BCUT2D eigenvalue weighted by Gasteiger charge is 2.14.